The predicted molar refractivity (Wildman–Crippen MR) is 92.4 cm³/mol. The van der Waals surface area contributed by atoms with E-state index >= 15 is 0 Å². The molecular formula is C18H23NO3S. The Labute approximate surface area is 138 Å². The minimum Gasteiger partial charge on any atom is -0.386 e. The molecule has 2 aromatic carbocycles. The summed E-state index contributed by atoms with van der Waals surface area (Å²) in [6, 6.07) is 17.4. The second kappa shape index (κ2) is 6.83. The molecule has 23 heavy (non-hydrogen) atoms. The van der Waals surface area contributed by atoms with Crippen molar-refractivity contribution in [1.29, 1.82) is 0 Å². The van der Waals surface area contributed by atoms with Crippen LogP contribution >= 0.6 is 0 Å². The van der Waals surface area contributed by atoms with Gasteiger partial charge in [-0.15, -0.1) is 0 Å². The van der Waals surface area contributed by atoms with E-state index in [-0.39, 0.29) is 0 Å². The molecule has 0 spiro atoms. The Morgan fingerprint density at radius 2 is 1.30 bits per heavy atom. The van der Waals surface area contributed by atoms with Crippen molar-refractivity contribution in [2.75, 3.05) is 0 Å². The molecule has 0 aliphatic carbocycles. The Hall–Kier alpha value is -1.69. The SMILES string of the molecule is CC(C)(C)S(=O)(=O)N[C@@H](c1ccccc1)[C@@H](O)c1ccccc1. The summed E-state index contributed by atoms with van der Waals surface area (Å²) in [6.07, 6.45) is -0.976. The molecule has 2 rings (SSSR count). The highest BCUT2D eigenvalue weighted by atomic mass is 32.2. The summed E-state index contributed by atoms with van der Waals surface area (Å²) >= 11 is 0. The van der Waals surface area contributed by atoms with E-state index in [1.54, 1.807) is 32.9 Å². The van der Waals surface area contributed by atoms with Gasteiger partial charge in [0.25, 0.3) is 0 Å². The van der Waals surface area contributed by atoms with Gasteiger partial charge in [0.15, 0.2) is 0 Å². The van der Waals surface area contributed by atoms with Crippen LogP contribution in [-0.4, -0.2) is 18.3 Å². The third kappa shape index (κ3) is 4.19. The van der Waals surface area contributed by atoms with Crippen LogP contribution in [-0.2, 0) is 10.0 Å². The van der Waals surface area contributed by atoms with Crippen LogP contribution in [0.25, 0.3) is 0 Å². The van der Waals surface area contributed by atoms with Gasteiger partial charge in [0.1, 0.15) is 0 Å². The zero-order chi connectivity index (χ0) is 17.1. The quantitative estimate of drug-likeness (QED) is 0.883. The number of rotatable bonds is 5. The molecule has 0 radical (unpaired) electrons. The van der Waals surface area contributed by atoms with Crippen molar-refractivity contribution in [3.05, 3.63) is 71.8 Å². The van der Waals surface area contributed by atoms with Gasteiger partial charge >= 0.3 is 0 Å². The molecule has 4 nitrogen and oxygen atoms in total. The highest BCUT2D eigenvalue weighted by Gasteiger charge is 2.34. The molecule has 0 bridgehead atoms. The largest absolute Gasteiger partial charge is 0.386 e. The van der Waals surface area contributed by atoms with E-state index in [4.69, 9.17) is 0 Å². The van der Waals surface area contributed by atoms with E-state index in [9.17, 15) is 13.5 Å². The van der Waals surface area contributed by atoms with Crippen LogP contribution in [0.15, 0.2) is 60.7 Å². The van der Waals surface area contributed by atoms with E-state index < -0.39 is 26.9 Å². The number of nitrogens with one attached hydrogen (secondary N) is 1. The molecule has 2 N–H and O–H groups in total. The van der Waals surface area contributed by atoms with Crippen LogP contribution in [0, 0.1) is 0 Å². The van der Waals surface area contributed by atoms with Crippen molar-refractivity contribution in [2.45, 2.75) is 37.7 Å². The maximum absolute atomic E-state index is 12.5. The van der Waals surface area contributed by atoms with Gasteiger partial charge in [0.05, 0.1) is 16.9 Å². The fraction of sp³-hybridized carbons (Fsp3) is 0.333. The van der Waals surface area contributed by atoms with Gasteiger partial charge in [-0.1, -0.05) is 60.7 Å². The zero-order valence-corrected chi connectivity index (χ0v) is 14.4. The molecule has 5 heteroatoms. The lowest BCUT2D eigenvalue weighted by atomic mass is 9.97. The van der Waals surface area contributed by atoms with Crippen LogP contribution in [0.3, 0.4) is 0 Å². The summed E-state index contributed by atoms with van der Waals surface area (Å²) in [5, 5.41) is 10.7. The molecule has 2 aromatic rings. The summed E-state index contributed by atoms with van der Waals surface area (Å²) < 4.78 is 26.8. The first-order valence-electron chi connectivity index (χ1n) is 7.52. The van der Waals surface area contributed by atoms with Crippen molar-refractivity contribution < 1.29 is 13.5 Å². The normalized spacial score (nSPS) is 15.1. The van der Waals surface area contributed by atoms with Crippen LogP contribution < -0.4 is 4.72 Å². The van der Waals surface area contributed by atoms with Gasteiger partial charge < -0.3 is 5.11 Å². The summed E-state index contributed by atoms with van der Waals surface area (Å²) in [5.41, 5.74) is 1.38. The second-order valence-electron chi connectivity index (χ2n) is 6.48. The topological polar surface area (TPSA) is 66.4 Å². The average molecular weight is 333 g/mol. The standard InChI is InChI=1S/C18H23NO3S/c1-18(2,3)23(21,22)19-16(14-10-6-4-7-11-14)17(20)15-12-8-5-9-13-15/h4-13,16-17,19-20H,1-3H3/t16-,17-/m0/s1. The van der Waals surface area contributed by atoms with E-state index in [0.29, 0.717) is 5.56 Å². The molecule has 0 saturated heterocycles. The maximum atomic E-state index is 12.5. The van der Waals surface area contributed by atoms with Crippen molar-refractivity contribution in [2.24, 2.45) is 0 Å². The van der Waals surface area contributed by atoms with Gasteiger partial charge in [0.2, 0.25) is 10.0 Å². The first-order valence-corrected chi connectivity index (χ1v) is 9.00. The lowest BCUT2D eigenvalue weighted by molar-refractivity contribution is 0.139. The molecule has 124 valence electrons. The van der Waals surface area contributed by atoms with Crippen molar-refractivity contribution in [1.82, 2.24) is 4.72 Å². The van der Waals surface area contributed by atoms with Gasteiger partial charge in [0, 0.05) is 0 Å². The molecule has 0 aromatic heterocycles. The third-order valence-electron chi connectivity index (χ3n) is 3.70. The highest BCUT2D eigenvalue weighted by molar-refractivity contribution is 7.90. The molecule has 0 amide bonds. The van der Waals surface area contributed by atoms with E-state index in [0.717, 1.165) is 5.56 Å². The Morgan fingerprint density at radius 1 is 0.870 bits per heavy atom. The molecule has 0 aliphatic rings. The summed E-state index contributed by atoms with van der Waals surface area (Å²) in [4.78, 5) is 0. The number of aliphatic hydroxyl groups excluding tert-OH is 1. The molecule has 0 fully saturated rings. The van der Waals surface area contributed by atoms with Crippen LogP contribution in [0.5, 0.6) is 0 Å². The van der Waals surface area contributed by atoms with E-state index in [1.165, 1.54) is 0 Å². The summed E-state index contributed by atoms with van der Waals surface area (Å²) in [7, 11) is -3.61. The van der Waals surface area contributed by atoms with Gasteiger partial charge in [-0.2, -0.15) is 0 Å². The average Bonchev–Trinajstić information content (AvgIpc) is 2.52. The van der Waals surface area contributed by atoms with Gasteiger partial charge in [-0.25, -0.2) is 13.1 Å². The van der Waals surface area contributed by atoms with Crippen LogP contribution in [0.4, 0.5) is 0 Å². The van der Waals surface area contributed by atoms with Gasteiger partial charge in [-0.3, -0.25) is 0 Å². The number of hydrogen-bond acceptors (Lipinski definition) is 3. The molecular weight excluding hydrogens is 310 g/mol. The summed E-state index contributed by atoms with van der Waals surface area (Å²) in [5.74, 6) is 0. The van der Waals surface area contributed by atoms with E-state index in [1.807, 2.05) is 48.5 Å². The molecule has 0 unspecified atom stereocenters. The Kier molecular flexibility index (Phi) is 5.24. The molecule has 0 aliphatic heterocycles. The first kappa shape index (κ1) is 17.7. The Bertz CT molecular complexity index is 722. The van der Waals surface area contributed by atoms with Crippen molar-refractivity contribution in [3.8, 4) is 0 Å². The minimum atomic E-state index is -3.61. The smallest absolute Gasteiger partial charge is 0.217 e. The van der Waals surface area contributed by atoms with Crippen LogP contribution in [0.2, 0.25) is 0 Å². The number of sulfonamides is 1. The fourth-order valence-electron chi connectivity index (χ4n) is 2.16. The second-order valence-corrected chi connectivity index (χ2v) is 8.94. The van der Waals surface area contributed by atoms with Crippen LogP contribution in [0.1, 0.15) is 44.0 Å². The lowest BCUT2D eigenvalue weighted by Gasteiger charge is -2.29. The molecule has 0 heterocycles. The number of benzene rings is 2. The number of aliphatic hydroxyl groups is 1. The maximum Gasteiger partial charge on any atom is 0.217 e. The third-order valence-corrected chi connectivity index (χ3v) is 5.88. The zero-order valence-electron chi connectivity index (χ0n) is 13.6. The predicted octanol–water partition coefficient (Wildman–Crippen LogP) is 3.18. The van der Waals surface area contributed by atoms with Gasteiger partial charge in [-0.05, 0) is 31.9 Å². The lowest BCUT2D eigenvalue weighted by Crippen LogP contribution is -2.42. The Balaban J connectivity index is 2.42. The Morgan fingerprint density at radius 3 is 1.74 bits per heavy atom. The first-order chi connectivity index (χ1) is 10.7. The van der Waals surface area contributed by atoms with Crippen molar-refractivity contribution in [3.63, 3.8) is 0 Å². The fourth-order valence-corrected chi connectivity index (χ4v) is 3.11. The molecule has 0 saturated carbocycles. The molecule has 2 atom stereocenters. The minimum absolute atomic E-state index is 0.665. The van der Waals surface area contributed by atoms with E-state index in [2.05, 4.69) is 4.72 Å². The highest BCUT2D eigenvalue weighted by Crippen LogP contribution is 2.31. The summed E-state index contributed by atoms with van der Waals surface area (Å²) in [6.45, 7) is 4.89. The van der Waals surface area contributed by atoms with Crippen molar-refractivity contribution >= 4 is 10.0 Å². The number of hydrogen-bond donors (Lipinski definition) is 2. The monoisotopic (exact) mass is 333 g/mol.